The fourth-order valence-electron chi connectivity index (χ4n) is 9.28. The molecule has 38 heavy (non-hydrogen) atoms. The molecule has 0 N–H and O–H groups in total. The van der Waals surface area contributed by atoms with Crippen molar-refractivity contribution in [3.8, 4) is 0 Å². The average Bonchev–Trinajstić information content (AvgIpc) is 3.24. The molecule has 0 saturated heterocycles. The lowest BCUT2D eigenvalue weighted by atomic mass is 9.47. The Labute approximate surface area is 235 Å². The van der Waals surface area contributed by atoms with Crippen LogP contribution in [0.4, 0.5) is 0 Å². The largest absolute Gasteiger partial charge is 0.462 e. The van der Waals surface area contributed by atoms with Crippen molar-refractivity contribution < 1.29 is 9.53 Å². The SMILES string of the molecule is C/C=C\CCCCC(=O)OC1CCC2(C)C(=CCC3C2CCC2(C)C(C(C)/C=C/C(C)C(C)C)CCC32)C1. The normalized spacial score (nSPS) is 38.5. The van der Waals surface area contributed by atoms with Crippen molar-refractivity contribution in [1.82, 2.24) is 0 Å². The van der Waals surface area contributed by atoms with Gasteiger partial charge in [0.2, 0.25) is 0 Å². The highest BCUT2D eigenvalue weighted by atomic mass is 16.5. The molecule has 0 aromatic heterocycles. The van der Waals surface area contributed by atoms with E-state index in [1.807, 2.05) is 0 Å². The summed E-state index contributed by atoms with van der Waals surface area (Å²) in [6.45, 7) is 16.8. The van der Waals surface area contributed by atoms with E-state index >= 15 is 0 Å². The predicted octanol–water partition coefficient (Wildman–Crippen LogP) is 10.1. The highest BCUT2D eigenvalue weighted by molar-refractivity contribution is 5.69. The van der Waals surface area contributed by atoms with Crippen LogP contribution in [-0.4, -0.2) is 12.1 Å². The maximum absolute atomic E-state index is 12.5. The molecule has 0 radical (unpaired) electrons. The van der Waals surface area contributed by atoms with Gasteiger partial charge in [-0.05, 0) is 123 Å². The topological polar surface area (TPSA) is 26.3 Å². The number of unbranched alkanes of at least 4 members (excludes halogenated alkanes) is 2. The van der Waals surface area contributed by atoms with Crippen LogP contribution in [0.3, 0.4) is 0 Å². The van der Waals surface area contributed by atoms with E-state index in [4.69, 9.17) is 4.74 Å². The number of fused-ring (bicyclic) bond motifs is 5. The summed E-state index contributed by atoms with van der Waals surface area (Å²) in [4.78, 5) is 12.5. The summed E-state index contributed by atoms with van der Waals surface area (Å²) in [5.74, 6) is 5.44. The molecule has 3 fully saturated rings. The van der Waals surface area contributed by atoms with Gasteiger partial charge in [-0.2, -0.15) is 0 Å². The highest BCUT2D eigenvalue weighted by Gasteiger charge is 2.59. The standard InChI is InChI=1S/C36H58O2/c1-8-9-10-11-12-13-34(37)38-29-20-22-35(6)28(24-29)16-17-30-32-19-18-31(36(32,7)23-21-33(30)35)27(5)15-14-26(4)25(2)3/h8-9,14-16,25-27,29-33H,10-13,17-24H2,1-7H3/b9-8-,15-14+. The highest BCUT2D eigenvalue weighted by Crippen LogP contribution is 2.67. The second kappa shape index (κ2) is 12.5. The summed E-state index contributed by atoms with van der Waals surface area (Å²) in [5.41, 5.74) is 2.43. The molecular weight excluding hydrogens is 464 g/mol. The Kier molecular flexibility index (Phi) is 9.73. The van der Waals surface area contributed by atoms with Gasteiger partial charge in [0, 0.05) is 12.8 Å². The Bertz CT molecular complexity index is 895. The van der Waals surface area contributed by atoms with E-state index in [1.165, 1.54) is 38.5 Å². The van der Waals surface area contributed by atoms with E-state index < -0.39 is 0 Å². The van der Waals surface area contributed by atoms with Crippen LogP contribution in [0.1, 0.15) is 126 Å². The second-order valence-electron chi connectivity index (χ2n) is 14.5. The van der Waals surface area contributed by atoms with Crippen molar-refractivity contribution in [2.24, 2.45) is 52.3 Å². The van der Waals surface area contributed by atoms with Crippen molar-refractivity contribution >= 4 is 5.97 Å². The minimum atomic E-state index is 0.0183. The molecule has 0 aromatic carbocycles. The van der Waals surface area contributed by atoms with Gasteiger partial charge in [-0.25, -0.2) is 0 Å². The number of rotatable bonds is 10. The Balaban J connectivity index is 1.37. The lowest BCUT2D eigenvalue weighted by Crippen LogP contribution is -2.51. The number of esters is 1. The summed E-state index contributed by atoms with van der Waals surface area (Å²) in [5, 5.41) is 0. The third-order valence-electron chi connectivity index (χ3n) is 12.1. The quantitative estimate of drug-likeness (QED) is 0.162. The first-order valence-electron chi connectivity index (χ1n) is 16.3. The van der Waals surface area contributed by atoms with Crippen molar-refractivity contribution in [3.05, 3.63) is 36.0 Å². The minimum absolute atomic E-state index is 0.0183. The van der Waals surface area contributed by atoms with Gasteiger partial charge >= 0.3 is 5.97 Å². The van der Waals surface area contributed by atoms with Gasteiger partial charge in [0.25, 0.3) is 0 Å². The van der Waals surface area contributed by atoms with Crippen LogP contribution in [0.25, 0.3) is 0 Å². The second-order valence-corrected chi connectivity index (χ2v) is 14.5. The molecule has 2 heteroatoms. The number of ether oxygens (including phenoxy) is 1. The summed E-state index contributed by atoms with van der Waals surface area (Å²) in [7, 11) is 0. The molecule has 4 aliphatic carbocycles. The first-order valence-corrected chi connectivity index (χ1v) is 16.3. The van der Waals surface area contributed by atoms with Crippen LogP contribution in [0.15, 0.2) is 36.0 Å². The van der Waals surface area contributed by atoms with Crippen LogP contribution in [0.2, 0.25) is 0 Å². The number of allylic oxidation sites excluding steroid dienone is 5. The smallest absolute Gasteiger partial charge is 0.306 e. The molecule has 0 aromatic rings. The molecule has 214 valence electrons. The molecule has 9 atom stereocenters. The summed E-state index contributed by atoms with van der Waals surface area (Å²) >= 11 is 0. The Morgan fingerprint density at radius 1 is 1.03 bits per heavy atom. The lowest BCUT2D eigenvalue weighted by Gasteiger charge is -2.58. The van der Waals surface area contributed by atoms with E-state index in [2.05, 4.69) is 78.8 Å². The van der Waals surface area contributed by atoms with Gasteiger partial charge in [0.15, 0.2) is 0 Å². The predicted molar refractivity (Wildman–Crippen MR) is 161 cm³/mol. The monoisotopic (exact) mass is 522 g/mol. The minimum Gasteiger partial charge on any atom is -0.462 e. The summed E-state index contributed by atoms with van der Waals surface area (Å²) < 4.78 is 6.00. The maximum atomic E-state index is 12.5. The van der Waals surface area contributed by atoms with Crippen LogP contribution < -0.4 is 0 Å². The third kappa shape index (κ3) is 6.05. The van der Waals surface area contributed by atoms with E-state index in [-0.39, 0.29) is 12.1 Å². The van der Waals surface area contributed by atoms with Crippen LogP contribution >= 0.6 is 0 Å². The van der Waals surface area contributed by atoms with Crippen molar-refractivity contribution in [3.63, 3.8) is 0 Å². The molecule has 0 heterocycles. The molecule has 2 nitrogen and oxygen atoms in total. The number of carbonyl (C=O) groups is 1. The Hall–Kier alpha value is -1.31. The van der Waals surface area contributed by atoms with Crippen molar-refractivity contribution in [2.75, 3.05) is 0 Å². The molecule has 0 bridgehead atoms. The summed E-state index contributed by atoms with van der Waals surface area (Å²) in [6.07, 6.45) is 25.8. The number of hydrogen-bond donors (Lipinski definition) is 0. The lowest BCUT2D eigenvalue weighted by molar-refractivity contribution is -0.151. The first-order chi connectivity index (χ1) is 18.1. The third-order valence-corrected chi connectivity index (χ3v) is 12.1. The molecule has 3 saturated carbocycles. The first kappa shape index (κ1) is 29.7. The molecule has 4 rings (SSSR count). The fourth-order valence-corrected chi connectivity index (χ4v) is 9.28. The van der Waals surface area contributed by atoms with E-state index in [0.717, 1.165) is 61.7 Å². The van der Waals surface area contributed by atoms with E-state index in [9.17, 15) is 4.79 Å². The molecule has 0 aliphatic heterocycles. The zero-order chi connectivity index (χ0) is 27.5. The van der Waals surface area contributed by atoms with Gasteiger partial charge in [-0.3, -0.25) is 4.79 Å². The van der Waals surface area contributed by atoms with Gasteiger partial charge in [0.05, 0.1) is 0 Å². The van der Waals surface area contributed by atoms with Gasteiger partial charge < -0.3 is 4.74 Å². The molecule has 0 amide bonds. The van der Waals surface area contributed by atoms with Crippen molar-refractivity contribution in [2.45, 2.75) is 132 Å². The molecule has 9 unspecified atom stereocenters. The zero-order valence-corrected chi connectivity index (χ0v) is 25.8. The van der Waals surface area contributed by atoms with Crippen LogP contribution in [0, 0.1) is 52.3 Å². The van der Waals surface area contributed by atoms with Gasteiger partial charge in [-0.15, -0.1) is 0 Å². The van der Waals surface area contributed by atoms with Crippen LogP contribution in [-0.2, 0) is 9.53 Å². The average molecular weight is 523 g/mol. The number of hydrogen-bond acceptors (Lipinski definition) is 2. The van der Waals surface area contributed by atoms with Crippen LogP contribution in [0.5, 0.6) is 0 Å². The Morgan fingerprint density at radius 3 is 2.55 bits per heavy atom. The summed E-state index contributed by atoms with van der Waals surface area (Å²) in [6, 6.07) is 0. The molecule has 0 spiro atoms. The fraction of sp³-hybridized carbons (Fsp3) is 0.806. The maximum Gasteiger partial charge on any atom is 0.306 e. The van der Waals surface area contributed by atoms with E-state index in [0.29, 0.717) is 29.1 Å². The zero-order valence-electron chi connectivity index (χ0n) is 25.8. The van der Waals surface area contributed by atoms with E-state index in [1.54, 1.807) is 5.57 Å². The van der Waals surface area contributed by atoms with Gasteiger partial charge in [-0.1, -0.05) is 77.5 Å². The van der Waals surface area contributed by atoms with Crippen molar-refractivity contribution in [1.29, 1.82) is 0 Å². The number of carbonyl (C=O) groups excluding carboxylic acids is 1. The molecule has 4 aliphatic rings. The van der Waals surface area contributed by atoms with Gasteiger partial charge in [0.1, 0.15) is 6.10 Å². The molecular formula is C36H58O2. The Morgan fingerprint density at radius 2 is 1.82 bits per heavy atom.